The van der Waals surface area contributed by atoms with Gasteiger partial charge >= 0.3 is 0 Å². The molecule has 0 fully saturated rings. The van der Waals surface area contributed by atoms with E-state index in [1.54, 1.807) is 0 Å². The summed E-state index contributed by atoms with van der Waals surface area (Å²) in [6.07, 6.45) is 0. The summed E-state index contributed by atoms with van der Waals surface area (Å²) in [4.78, 5) is 4.70. The number of nitrogens with zero attached hydrogens (tertiary/aromatic N) is 2. The molecule has 0 amide bonds. The molecule has 0 saturated heterocycles. The summed E-state index contributed by atoms with van der Waals surface area (Å²) < 4.78 is 28.3. The third-order valence-electron chi connectivity index (χ3n) is 10.7. The summed E-state index contributed by atoms with van der Waals surface area (Å²) in [5.41, 5.74) is 6.77. The van der Waals surface area contributed by atoms with Gasteiger partial charge in [-0.2, -0.15) is 0 Å². The topological polar surface area (TPSA) is 43.4 Å². The zero-order valence-corrected chi connectivity index (χ0v) is 28.2. The molecule has 0 atom stereocenters. The smallest absolute Gasteiger partial charge is 0.180 e. The molecule has 232 valence electrons. The molecule has 0 spiro atoms. The first-order valence-corrected chi connectivity index (χ1v) is 19.8. The molecule has 8 heteroatoms. The molecule has 0 saturated carbocycles. The largest absolute Gasteiger partial charge is 0.453 e. The fourth-order valence-electron chi connectivity index (χ4n) is 8.83. The Morgan fingerprint density at radius 1 is 0.300 bits per heavy atom. The normalized spacial score (nSPS) is 15.6. The molecule has 0 aliphatic carbocycles. The summed E-state index contributed by atoms with van der Waals surface area (Å²) in [7, 11) is -3.21. The first-order chi connectivity index (χ1) is 24.8. The standard InChI is InChI=1S/C42H22N2O4Si2/c1-3-11-23(12-4-1)43-25-15-7-19-29-37(25)49-38-26(43)16-8-20-30(38)46-34-36-42-35(33(45-29)41(34)49)47-31-21-9-17-27-39(31)50(42)40-28(18-10-22-32(40)48-36)44(27)24-13-5-2-6-14-24/h1-22H. The summed E-state index contributed by atoms with van der Waals surface area (Å²) in [5.74, 6) is 6.61. The Hall–Kier alpha value is -6.23. The summed E-state index contributed by atoms with van der Waals surface area (Å²) >= 11 is 0. The molecule has 6 aliphatic rings. The second kappa shape index (κ2) is 8.86. The maximum atomic E-state index is 7.09. The average Bonchev–Trinajstić information content (AvgIpc) is 3.17. The lowest BCUT2D eigenvalue weighted by Gasteiger charge is -2.46. The molecule has 50 heavy (non-hydrogen) atoms. The maximum absolute atomic E-state index is 7.09. The molecule has 0 bridgehead atoms. The van der Waals surface area contributed by atoms with E-state index < -0.39 is 17.6 Å². The first-order valence-electron chi connectivity index (χ1n) is 16.8. The van der Waals surface area contributed by atoms with E-state index in [1.165, 1.54) is 20.7 Å². The van der Waals surface area contributed by atoms with Crippen molar-refractivity contribution in [2.75, 3.05) is 9.80 Å². The number of fused-ring (bicyclic) bond motifs is 2. The van der Waals surface area contributed by atoms with Crippen LogP contribution in [0.25, 0.3) is 0 Å². The maximum Gasteiger partial charge on any atom is 0.180 e. The van der Waals surface area contributed by atoms with Gasteiger partial charge in [0, 0.05) is 65.2 Å². The van der Waals surface area contributed by atoms with E-state index in [0.717, 1.165) is 90.5 Å². The third-order valence-corrected chi connectivity index (χ3v) is 16.6. The second-order valence-electron chi connectivity index (χ2n) is 13.2. The van der Waals surface area contributed by atoms with Crippen LogP contribution < -0.4 is 59.9 Å². The molecule has 0 unspecified atom stereocenters. The van der Waals surface area contributed by atoms with E-state index >= 15 is 0 Å². The Labute approximate surface area is 290 Å². The highest BCUT2D eigenvalue weighted by atomic mass is 28.3. The first kappa shape index (κ1) is 25.7. The molecule has 0 aromatic heterocycles. The molecule has 6 nitrogen and oxygen atoms in total. The average molecular weight is 675 g/mol. The van der Waals surface area contributed by atoms with E-state index in [1.807, 2.05) is 0 Å². The Balaban J connectivity index is 1.11. The zero-order valence-electron chi connectivity index (χ0n) is 26.2. The molecular weight excluding hydrogens is 653 g/mol. The van der Waals surface area contributed by atoms with Crippen LogP contribution in [0.4, 0.5) is 34.1 Å². The van der Waals surface area contributed by atoms with Crippen molar-refractivity contribution in [3.63, 3.8) is 0 Å². The lowest BCUT2D eigenvalue weighted by Crippen LogP contribution is -2.65. The van der Waals surface area contributed by atoms with Gasteiger partial charge in [0.05, 0.1) is 0 Å². The number of ether oxygens (including phenoxy) is 4. The number of anilines is 6. The van der Waals surface area contributed by atoms with Crippen LogP contribution in [-0.4, -0.2) is 17.6 Å². The van der Waals surface area contributed by atoms with Crippen molar-refractivity contribution in [3.05, 3.63) is 133 Å². The predicted octanol–water partition coefficient (Wildman–Crippen LogP) is 6.71. The highest BCUT2D eigenvalue weighted by Crippen LogP contribution is 2.54. The highest BCUT2D eigenvalue weighted by molar-refractivity contribution is 7.03. The minimum absolute atomic E-state index is 0.773. The SMILES string of the molecule is c1ccc(N2c3cccc4c3[Si]3c5c(cccc52)Oc2c5c6c(c(c23)O4)Oc2cccc3c2[Si]6c2c(cccc2N3c2ccccc2)O5)cc1. The number of para-hydroxylation sites is 2. The number of rotatable bonds is 2. The minimum atomic E-state index is -1.60. The Morgan fingerprint density at radius 3 is 0.900 bits per heavy atom. The summed E-state index contributed by atoms with van der Waals surface area (Å²) in [5, 5.41) is 7.06. The van der Waals surface area contributed by atoms with Gasteiger partial charge in [-0.25, -0.2) is 0 Å². The zero-order chi connectivity index (χ0) is 32.2. The fraction of sp³-hybridized carbons (Fsp3) is 0. The van der Waals surface area contributed by atoms with Crippen molar-refractivity contribution in [2.45, 2.75) is 0 Å². The lowest BCUT2D eigenvalue weighted by atomic mass is 10.1. The quantitative estimate of drug-likeness (QED) is 0.190. The molecule has 6 aliphatic heterocycles. The molecule has 7 aromatic carbocycles. The van der Waals surface area contributed by atoms with Crippen molar-refractivity contribution < 1.29 is 18.9 Å². The van der Waals surface area contributed by atoms with Crippen LogP contribution >= 0.6 is 0 Å². The Kier molecular flexibility index (Phi) is 4.56. The summed E-state index contributed by atoms with van der Waals surface area (Å²) in [6, 6.07) is 46.9. The van der Waals surface area contributed by atoms with Gasteiger partial charge in [-0.1, -0.05) is 60.7 Å². The minimum Gasteiger partial charge on any atom is -0.453 e. The van der Waals surface area contributed by atoms with Gasteiger partial charge in [-0.15, -0.1) is 0 Å². The molecule has 2 radical (unpaired) electrons. The van der Waals surface area contributed by atoms with Crippen LogP contribution in [0.3, 0.4) is 0 Å². The van der Waals surface area contributed by atoms with Crippen LogP contribution in [0.5, 0.6) is 46.0 Å². The van der Waals surface area contributed by atoms with Gasteiger partial charge in [0.1, 0.15) is 23.0 Å². The van der Waals surface area contributed by atoms with Crippen molar-refractivity contribution >= 4 is 82.8 Å². The van der Waals surface area contributed by atoms with Crippen LogP contribution in [0, 0.1) is 0 Å². The summed E-state index contributed by atoms with van der Waals surface area (Å²) in [6.45, 7) is 0. The molecule has 7 aromatic rings. The van der Waals surface area contributed by atoms with Gasteiger partial charge < -0.3 is 28.7 Å². The molecular formula is C42H22N2O4Si2. The number of hydrogen-bond donors (Lipinski definition) is 0. The van der Waals surface area contributed by atoms with Crippen LogP contribution in [-0.2, 0) is 0 Å². The van der Waals surface area contributed by atoms with E-state index in [4.69, 9.17) is 18.9 Å². The predicted molar refractivity (Wildman–Crippen MR) is 198 cm³/mol. The van der Waals surface area contributed by atoms with Gasteiger partial charge in [-0.3, -0.25) is 0 Å². The molecule has 13 rings (SSSR count). The van der Waals surface area contributed by atoms with Crippen LogP contribution in [0.15, 0.2) is 133 Å². The Bertz CT molecular complexity index is 2380. The number of benzene rings is 7. The number of hydrogen-bond acceptors (Lipinski definition) is 6. The second-order valence-corrected chi connectivity index (χ2v) is 17.7. The van der Waals surface area contributed by atoms with E-state index in [0.29, 0.717) is 0 Å². The fourth-order valence-corrected chi connectivity index (χ4v) is 15.2. The highest BCUT2D eigenvalue weighted by Gasteiger charge is 2.54. The molecule has 0 N–H and O–H groups in total. The van der Waals surface area contributed by atoms with E-state index in [2.05, 4.69) is 143 Å². The van der Waals surface area contributed by atoms with Gasteiger partial charge in [0.2, 0.25) is 0 Å². The van der Waals surface area contributed by atoms with Gasteiger partial charge in [0.15, 0.2) is 40.6 Å². The third kappa shape index (κ3) is 2.94. The van der Waals surface area contributed by atoms with Crippen molar-refractivity contribution in [1.29, 1.82) is 0 Å². The van der Waals surface area contributed by atoms with Crippen molar-refractivity contribution in [1.82, 2.24) is 0 Å². The molecule has 6 heterocycles. The van der Waals surface area contributed by atoms with Crippen molar-refractivity contribution in [3.8, 4) is 46.0 Å². The monoisotopic (exact) mass is 674 g/mol. The lowest BCUT2D eigenvalue weighted by molar-refractivity contribution is 0.396. The van der Waals surface area contributed by atoms with E-state index in [-0.39, 0.29) is 0 Å². The van der Waals surface area contributed by atoms with Crippen LogP contribution in [0.2, 0.25) is 0 Å². The van der Waals surface area contributed by atoms with E-state index in [9.17, 15) is 0 Å². The van der Waals surface area contributed by atoms with Crippen molar-refractivity contribution in [2.24, 2.45) is 0 Å². The van der Waals surface area contributed by atoms with Gasteiger partial charge in [-0.05, 0) is 72.8 Å². The Morgan fingerprint density at radius 2 is 0.600 bits per heavy atom. The van der Waals surface area contributed by atoms with Crippen LogP contribution in [0.1, 0.15) is 0 Å². The van der Waals surface area contributed by atoms with Gasteiger partial charge in [0.25, 0.3) is 0 Å².